The molecule has 0 bridgehead atoms. The van der Waals surface area contributed by atoms with Crippen LogP contribution in [0.4, 0.5) is 4.39 Å². The summed E-state index contributed by atoms with van der Waals surface area (Å²) in [5.74, 6) is 0.172. The zero-order chi connectivity index (χ0) is 20.1. The highest BCUT2D eigenvalue weighted by atomic mass is 79.9. The van der Waals surface area contributed by atoms with Gasteiger partial charge >= 0.3 is 0 Å². The van der Waals surface area contributed by atoms with E-state index in [0.29, 0.717) is 31.4 Å². The molecule has 0 saturated carbocycles. The second-order valence-corrected chi connectivity index (χ2v) is 7.55. The van der Waals surface area contributed by atoms with Crippen LogP contribution in [-0.4, -0.2) is 0 Å². The van der Waals surface area contributed by atoms with Crippen LogP contribution in [0.25, 0.3) is 11.6 Å². The molecule has 3 aromatic rings. The molecular weight excluding hydrogens is 464 g/mol. The van der Waals surface area contributed by atoms with Gasteiger partial charge in [0.15, 0.2) is 5.75 Å². The van der Waals surface area contributed by atoms with E-state index in [1.807, 2.05) is 12.1 Å². The highest BCUT2D eigenvalue weighted by molar-refractivity contribution is 9.10. The minimum absolute atomic E-state index is 0.247. The van der Waals surface area contributed by atoms with Crippen LogP contribution >= 0.6 is 39.1 Å². The second-order valence-electron chi connectivity index (χ2n) is 5.88. The Kier molecular flexibility index (Phi) is 6.74. The molecule has 0 aliphatic carbocycles. The van der Waals surface area contributed by atoms with Gasteiger partial charge in [0, 0.05) is 10.6 Å². The molecule has 0 saturated heterocycles. The average molecular weight is 477 g/mol. The van der Waals surface area contributed by atoms with Crippen molar-refractivity contribution in [3.8, 4) is 11.8 Å². The molecule has 140 valence electrons. The fourth-order valence-electron chi connectivity index (χ4n) is 2.55. The summed E-state index contributed by atoms with van der Waals surface area (Å²) >= 11 is 16.0. The minimum Gasteiger partial charge on any atom is -0.486 e. The maximum atomic E-state index is 13.0. The highest BCUT2D eigenvalue weighted by Gasteiger charge is 2.11. The fraction of sp³-hybridized carbons (Fsp3) is 0.0455. The SMILES string of the molecule is N#CC(=Cc1cc(Cl)c(OCc2ccc(F)cc2)c(Br)c1)c1ccccc1Cl. The van der Waals surface area contributed by atoms with Crippen molar-refractivity contribution in [1.82, 2.24) is 0 Å². The van der Waals surface area contributed by atoms with Crippen LogP contribution < -0.4 is 4.74 Å². The van der Waals surface area contributed by atoms with Gasteiger partial charge in [-0.05, 0) is 63.5 Å². The Labute approximate surface area is 180 Å². The average Bonchev–Trinajstić information content (AvgIpc) is 2.67. The second kappa shape index (κ2) is 9.25. The van der Waals surface area contributed by atoms with Gasteiger partial charge in [0.05, 0.1) is 21.1 Å². The molecule has 28 heavy (non-hydrogen) atoms. The van der Waals surface area contributed by atoms with Gasteiger partial charge in [-0.3, -0.25) is 0 Å². The maximum Gasteiger partial charge on any atom is 0.152 e. The van der Waals surface area contributed by atoms with Crippen molar-refractivity contribution in [2.45, 2.75) is 6.61 Å². The third-order valence-electron chi connectivity index (χ3n) is 3.91. The van der Waals surface area contributed by atoms with Gasteiger partial charge in [-0.1, -0.05) is 53.5 Å². The molecule has 0 fully saturated rings. The van der Waals surface area contributed by atoms with Crippen molar-refractivity contribution in [2.75, 3.05) is 0 Å². The number of nitrogens with zero attached hydrogens (tertiary/aromatic N) is 1. The van der Waals surface area contributed by atoms with E-state index in [1.165, 1.54) is 12.1 Å². The van der Waals surface area contributed by atoms with Gasteiger partial charge in [0.1, 0.15) is 12.4 Å². The molecule has 3 rings (SSSR count). The van der Waals surface area contributed by atoms with Crippen LogP contribution in [0.2, 0.25) is 10.0 Å². The van der Waals surface area contributed by atoms with Gasteiger partial charge in [0.25, 0.3) is 0 Å². The van der Waals surface area contributed by atoms with Crippen molar-refractivity contribution < 1.29 is 9.13 Å². The lowest BCUT2D eigenvalue weighted by molar-refractivity contribution is 0.304. The predicted molar refractivity (Wildman–Crippen MR) is 115 cm³/mol. The number of benzene rings is 3. The number of rotatable bonds is 5. The summed E-state index contributed by atoms with van der Waals surface area (Å²) in [6.45, 7) is 0.247. The predicted octanol–water partition coefficient (Wildman–Crippen LogP) is 7.54. The molecule has 0 aromatic heterocycles. The lowest BCUT2D eigenvalue weighted by atomic mass is 10.0. The first-order valence-electron chi connectivity index (χ1n) is 8.21. The van der Waals surface area contributed by atoms with E-state index in [-0.39, 0.29) is 12.4 Å². The molecule has 6 heteroatoms. The van der Waals surface area contributed by atoms with Gasteiger partial charge < -0.3 is 4.74 Å². The molecule has 0 amide bonds. The summed E-state index contributed by atoms with van der Waals surface area (Å²) in [7, 11) is 0. The Morgan fingerprint density at radius 3 is 2.43 bits per heavy atom. The number of nitriles is 1. The van der Waals surface area contributed by atoms with Crippen molar-refractivity contribution in [3.05, 3.63) is 97.7 Å². The van der Waals surface area contributed by atoms with E-state index in [4.69, 9.17) is 27.9 Å². The third kappa shape index (κ3) is 4.94. The fourth-order valence-corrected chi connectivity index (χ4v) is 3.78. The lowest BCUT2D eigenvalue weighted by Gasteiger charge is -2.11. The summed E-state index contributed by atoms with van der Waals surface area (Å²) in [5.41, 5.74) is 2.62. The Morgan fingerprint density at radius 2 is 1.79 bits per heavy atom. The van der Waals surface area contributed by atoms with Gasteiger partial charge in [-0.2, -0.15) is 5.26 Å². The molecule has 0 radical (unpaired) electrons. The summed E-state index contributed by atoms with van der Waals surface area (Å²) < 4.78 is 19.4. The van der Waals surface area contributed by atoms with E-state index in [9.17, 15) is 9.65 Å². The van der Waals surface area contributed by atoms with Gasteiger partial charge in [-0.25, -0.2) is 4.39 Å². The van der Waals surface area contributed by atoms with Crippen LogP contribution in [-0.2, 0) is 6.61 Å². The van der Waals surface area contributed by atoms with Crippen LogP contribution in [0.15, 0.2) is 65.1 Å². The van der Waals surface area contributed by atoms with Crippen molar-refractivity contribution in [3.63, 3.8) is 0 Å². The Morgan fingerprint density at radius 1 is 1.07 bits per heavy atom. The number of halogens is 4. The van der Waals surface area contributed by atoms with E-state index in [0.717, 1.165) is 11.1 Å². The lowest BCUT2D eigenvalue weighted by Crippen LogP contribution is -1.97. The highest BCUT2D eigenvalue weighted by Crippen LogP contribution is 2.36. The normalized spacial score (nSPS) is 11.2. The monoisotopic (exact) mass is 475 g/mol. The Bertz CT molecular complexity index is 1050. The van der Waals surface area contributed by atoms with Crippen LogP contribution in [0.5, 0.6) is 5.75 Å². The minimum atomic E-state index is -0.300. The molecule has 2 nitrogen and oxygen atoms in total. The quantitative estimate of drug-likeness (QED) is 0.281. The molecule has 0 spiro atoms. The van der Waals surface area contributed by atoms with Crippen LogP contribution in [0.1, 0.15) is 16.7 Å². The number of hydrogen-bond donors (Lipinski definition) is 0. The Hall–Kier alpha value is -2.32. The molecule has 0 unspecified atom stereocenters. The van der Waals surface area contributed by atoms with E-state index in [2.05, 4.69) is 22.0 Å². The van der Waals surface area contributed by atoms with Gasteiger partial charge in [0.2, 0.25) is 0 Å². The number of hydrogen-bond acceptors (Lipinski definition) is 2. The number of ether oxygens (including phenoxy) is 1. The first kappa shape index (κ1) is 20.4. The third-order valence-corrected chi connectivity index (χ3v) is 5.11. The van der Waals surface area contributed by atoms with Crippen molar-refractivity contribution in [1.29, 1.82) is 5.26 Å². The number of allylic oxidation sites excluding steroid dienone is 1. The van der Waals surface area contributed by atoms with E-state index < -0.39 is 0 Å². The van der Waals surface area contributed by atoms with Crippen LogP contribution in [0, 0.1) is 17.1 Å². The standard InChI is InChI=1S/C22H13BrCl2FNO/c23-19-10-15(9-16(12-27)18-3-1-2-4-20(18)24)11-21(25)22(19)28-13-14-5-7-17(26)8-6-14/h1-11H,13H2. The van der Waals surface area contributed by atoms with Gasteiger partial charge in [-0.15, -0.1) is 0 Å². The van der Waals surface area contributed by atoms with E-state index >= 15 is 0 Å². The first-order chi connectivity index (χ1) is 13.5. The molecule has 0 atom stereocenters. The molecule has 0 aliphatic heterocycles. The van der Waals surface area contributed by atoms with Crippen molar-refractivity contribution in [2.24, 2.45) is 0 Å². The maximum absolute atomic E-state index is 13.0. The summed E-state index contributed by atoms with van der Waals surface area (Å²) in [6, 6.07) is 18.9. The zero-order valence-corrected chi connectivity index (χ0v) is 17.5. The zero-order valence-electron chi connectivity index (χ0n) is 14.4. The molecule has 0 aliphatic rings. The van der Waals surface area contributed by atoms with Crippen LogP contribution in [0.3, 0.4) is 0 Å². The summed E-state index contributed by atoms with van der Waals surface area (Å²) in [5, 5.41) is 10.4. The smallest absolute Gasteiger partial charge is 0.152 e. The molecule has 0 N–H and O–H groups in total. The summed E-state index contributed by atoms with van der Waals surface area (Å²) in [6.07, 6.45) is 1.71. The van der Waals surface area contributed by atoms with E-state index in [1.54, 1.807) is 42.5 Å². The molecular formula is C22H13BrCl2FNO. The van der Waals surface area contributed by atoms with Crippen molar-refractivity contribution >= 4 is 50.8 Å². The molecule has 0 heterocycles. The molecule has 3 aromatic carbocycles. The summed E-state index contributed by atoms with van der Waals surface area (Å²) in [4.78, 5) is 0. The Balaban J connectivity index is 1.86. The topological polar surface area (TPSA) is 33.0 Å². The largest absolute Gasteiger partial charge is 0.486 e. The first-order valence-corrected chi connectivity index (χ1v) is 9.76.